The summed E-state index contributed by atoms with van der Waals surface area (Å²) in [5.74, 6) is 1.35. The summed E-state index contributed by atoms with van der Waals surface area (Å²) in [5, 5.41) is 0. The third-order valence-corrected chi connectivity index (χ3v) is 8.06. The Bertz CT molecular complexity index is 598. The van der Waals surface area contributed by atoms with Gasteiger partial charge in [-0.15, -0.1) is 0 Å². The molecular weight excluding hydrogens is 353 g/mol. The molecule has 2 unspecified atom stereocenters. The van der Waals surface area contributed by atoms with Gasteiger partial charge in [0.2, 0.25) is 0 Å². The smallest absolute Gasteiger partial charge is 0.253 e. The number of likely N-dealkylation sites (tertiary alicyclic amines) is 1. The lowest BCUT2D eigenvalue weighted by atomic mass is 9.87. The van der Waals surface area contributed by atoms with Crippen molar-refractivity contribution in [3.8, 4) is 0 Å². The molecule has 1 aromatic rings. The molecule has 2 atom stereocenters. The molecule has 0 radical (unpaired) electrons. The van der Waals surface area contributed by atoms with E-state index in [2.05, 4.69) is 13.8 Å². The van der Waals surface area contributed by atoms with E-state index in [-0.39, 0.29) is 5.91 Å². The molecule has 1 saturated heterocycles. The Labute approximate surface area is 157 Å². The summed E-state index contributed by atoms with van der Waals surface area (Å²) in [7, 11) is 0. The van der Waals surface area contributed by atoms with Crippen molar-refractivity contribution in [2.24, 2.45) is 17.8 Å². The Morgan fingerprint density at radius 1 is 1.20 bits per heavy atom. The van der Waals surface area contributed by atoms with Crippen molar-refractivity contribution in [3.05, 3.63) is 35.9 Å². The summed E-state index contributed by atoms with van der Waals surface area (Å²) in [6.45, 7) is 8.74. The standard InChI is InChI=1S/C19H30NO3PS/c1-5-22-24(25,23-6-2)14-17-12-20(13-18(17)15(3)4)19(21)16-10-8-7-9-11-16/h7-11,15,17-18H,5-6,12-14H2,1-4H3. The summed E-state index contributed by atoms with van der Waals surface area (Å²) in [5.41, 5.74) is 0.750. The zero-order valence-electron chi connectivity index (χ0n) is 15.7. The lowest BCUT2D eigenvalue weighted by Gasteiger charge is -2.28. The minimum atomic E-state index is -2.28. The Balaban J connectivity index is 2.14. The van der Waals surface area contributed by atoms with Gasteiger partial charge in [-0.1, -0.05) is 32.0 Å². The van der Waals surface area contributed by atoms with Gasteiger partial charge in [0, 0.05) is 24.8 Å². The minimum Gasteiger partial charge on any atom is -0.338 e. The molecule has 0 aromatic heterocycles. The Hall–Kier alpha value is -0.740. The first-order valence-electron chi connectivity index (χ1n) is 9.12. The van der Waals surface area contributed by atoms with Gasteiger partial charge in [-0.05, 0) is 55.5 Å². The molecule has 4 nitrogen and oxygen atoms in total. The highest BCUT2D eigenvalue weighted by Gasteiger charge is 2.40. The van der Waals surface area contributed by atoms with Gasteiger partial charge < -0.3 is 13.9 Å². The van der Waals surface area contributed by atoms with Gasteiger partial charge in [0.15, 0.2) is 6.49 Å². The number of rotatable bonds is 8. The molecule has 2 rings (SSSR count). The third-order valence-electron chi connectivity index (χ3n) is 4.77. The molecule has 25 heavy (non-hydrogen) atoms. The van der Waals surface area contributed by atoms with E-state index in [9.17, 15) is 4.79 Å². The number of carbonyl (C=O) groups is 1. The first-order chi connectivity index (χ1) is 11.9. The molecule has 0 saturated carbocycles. The zero-order chi connectivity index (χ0) is 18.4. The summed E-state index contributed by atoms with van der Waals surface area (Å²) >= 11 is 5.74. The maximum Gasteiger partial charge on any atom is 0.253 e. The van der Waals surface area contributed by atoms with Crippen molar-refractivity contribution in [3.63, 3.8) is 0 Å². The van der Waals surface area contributed by atoms with E-state index in [1.54, 1.807) is 0 Å². The number of hydrogen-bond donors (Lipinski definition) is 0. The molecule has 0 N–H and O–H groups in total. The fraction of sp³-hybridized carbons (Fsp3) is 0.632. The van der Waals surface area contributed by atoms with Crippen LogP contribution in [0.1, 0.15) is 38.1 Å². The number of amides is 1. The second-order valence-electron chi connectivity index (χ2n) is 6.87. The van der Waals surface area contributed by atoms with Crippen LogP contribution >= 0.6 is 6.49 Å². The lowest BCUT2D eigenvalue weighted by molar-refractivity contribution is 0.0782. The van der Waals surface area contributed by atoms with Crippen molar-refractivity contribution in [1.29, 1.82) is 0 Å². The molecule has 1 amide bonds. The third kappa shape index (κ3) is 5.37. The summed E-state index contributed by atoms with van der Waals surface area (Å²) in [6.07, 6.45) is 0.741. The first-order valence-corrected chi connectivity index (χ1v) is 11.9. The molecule has 1 aromatic carbocycles. The zero-order valence-corrected chi connectivity index (χ0v) is 17.4. The monoisotopic (exact) mass is 383 g/mol. The topological polar surface area (TPSA) is 38.8 Å². The molecule has 1 aliphatic rings. The second-order valence-corrected chi connectivity index (χ2v) is 10.6. The molecule has 1 heterocycles. The first kappa shape index (κ1) is 20.6. The van der Waals surface area contributed by atoms with Crippen molar-refractivity contribution in [2.75, 3.05) is 32.5 Å². The van der Waals surface area contributed by atoms with E-state index in [1.807, 2.05) is 49.1 Å². The second kappa shape index (κ2) is 9.27. The van der Waals surface area contributed by atoms with Gasteiger partial charge in [-0.25, -0.2) is 0 Å². The van der Waals surface area contributed by atoms with Crippen molar-refractivity contribution < 1.29 is 13.8 Å². The fourth-order valence-corrected chi connectivity index (χ4v) is 6.84. The molecule has 6 heteroatoms. The highest BCUT2D eigenvalue weighted by Crippen LogP contribution is 2.52. The highest BCUT2D eigenvalue weighted by molar-refractivity contribution is 8.09. The van der Waals surface area contributed by atoms with E-state index in [0.717, 1.165) is 24.8 Å². The van der Waals surface area contributed by atoms with Gasteiger partial charge in [-0.2, -0.15) is 0 Å². The van der Waals surface area contributed by atoms with Crippen LogP contribution in [0.25, 0.3) is 0 Å². The molecule has 0 aliphatic carbocycles. The van der Waals surface area contributed by atoms with Gasteiger partial charge in [0.25, 0.3) is 5.91 Å². The van der Waals surface area contributed by atoms with E-state index in [4.69, 9.17) is 20.9 Å². The van der Waals surface area contributed by atoms with E-state index >= 15 is 0 Å². The summed E-state index contributed by atoms with van der Waals surface area (Å²) in [4.78, 5) is 14.8. The number of hydrogen-bond acceptors (Lipinski definition) is 4. The van der Waals surface area contributed by atoms with Gasteiger partial charge in [-0.3, -0.25) is 4.79 Å². The van der Waals surface area contributed by atoms with Gasteiger partial charge in [0.1, 0.15) is 0 Å². The van der Waals surface area contributed by atoms with Crippen LogP contribution < -0.4 is 0 Å². The van der Waals surface area contributed by atoms with Crippen LogP contribution in [-0.4, -0.2) is 43.3 Å². The Morgan fingerprint density at radius 3 is 2.32 bits per heavy atom. The Morgan fingerprint density at radius 2 is 1.80 bits per heavy atom. The summed E-state index contributed by atoms with van der Waals surface area (Å²) in [6, 6.07) is 9.51. The number of benzene rings is 1. The largest absolute Gasteiger partial charge is 0.338 e. The van der Waals surface area contributed by atoms with Crippen LogP contribution in [0.3, 0.4) is 0 Å². The van der Waals surface area contributed by atoms with Crippen LogP contribution in [-0.2, 0) is 20.9 Å². The lowest BCUT2D eigenvalue weighted by Crippen LogP contribution is -2.29. The average Bonchev–Trinajstić information content (AvgIpc) is 2.99. The van der Waals surface area contributed by atoms with Crippen LogP contribution in [0.15, 0.2) is 30.3 Å². The fourth-order valence-electron chi connectivity index (χ4n) is 3.60. The molecule has 0 bridgehead atoms. The maximum absolute atomic E-state index is 12.8. The quantitative estimate of drug-likeness (QED) is 0.623. The molecule has 1 aliphatic heterocycles. The highest BCUT2D eigenvalue weighted by atomic mass is 32.5. The molecule has 0 spiro atoms. The van der Waals surface area contributed by atoms with Crippen molar-refractivity contribution >= 4 is 24.2 Å². The van der Waals surface area contributed by atoms with Crippen molar-refractivity contribution in [2.45, 2.75) is 27.7 Å². The Kier molecular flexibility index (Phi) is 7.63. The van der Waals surface area contributed by atoms with Crippen LogP contribution in [0.4, 0.5) is 0 Å². The average molecular weight is 383 g/mol. The maximum atomic E-state index is 12.8. The number of nitrogens with zero attached hydrogens (tertiary/aromatic N) is 1. The molecular formula is C19H30NO3PS. The SMILES string of the molecule is CCOP(=S)(CC1CN(C(=O)c2ccccc2)CC1C(C)C)OCC. The minimum absolute atomic E-state index is 0.106. The molecule has 140 valence electrons. The van der Waals surface area contributed by atoms with E-state index in [0.29, 0.717) is 31.0 Å². The van der Waals surface area contributed by atoms with E-state index in [1.165, 1.54) is 0 Å². The normalized spacial score (nSPS) is 21.1. The van der Waals surface area contributed by atoms with Crippen LogP contribution in [0.2, 0.25) is 0 Å². The van der Waals surface area contributed by atoms with Crippen LogP contribution in [0.5, 0.6) is 0 Å². The predicted molar refractivity (Wildman–Crippen MR) is 107 cm³/mol. The van der Waals surface area contributed by atoms with Gasteiger partial charge >= 0.3 is 0 Å². The summed E-state index contributed by atoms with van der Waals surface area (Å²) < 4.78 is 11.7. The number of carbonyl (C=O) groups excluding carboxylic acids is 1. The van der Waals surface area contributed by atoms with Crippen molar-refractivity contribution in [1.82, 2.24) is 4.90 Å². The van der Waals surface area contributed by atoms with Crippen LogP contribution in [0, 0.1) is 17.8 Å². The van der Waals surface area contributed by atoms with E-state index < -0.39 is 6.49 Å². The van der Waals surface area contributed by atoms with Gasteiger partial charge in [0.05, 0.1) is 13.2 Å². The molecule has 1 fully saturated rings. The predicted octanol–water partition coefficient (Wildman–Crippen LogP) is 4.41.